The zero-order valence-corrected chi connectivity index (χ0v) is 18.0. The van der Waals surface area contributed by atoms with Crippen molar-refractivity contribution in [2.24, 2.45) is 5.92 Å². The molecule has 0 radical (unpaired) electrons. The number of halogens is 3. The van der Waals surface area contributed by atoms with Crippen molar-refractivity contribution in [3.8, 4) is 0 Å². The van der Waals surface area contributed by atoms with E-state index in [9.17, 15) is 18.0 Å². The largest absolute Gasteiger partial charge is 0.416 e. The number of aromatic nitrogens is 2. The van der Waals surface area contributed by atoms with Gasteiger partial charge in [0, 0.05) is 30.8 Å². The number of aryl methyl sites for hydroxylation is 1. The average Bonchev–Trinajstić information content (AvgIpc) is 3.26. The number of carbonyl (C=O) groups is 1. The summed E-state index contributed by atoms with van der Waals surface area (Å²) in [5, 5.41) is 3.23. The van der Waals surface area contributed by atoms with Crippen molar-refractivity contribution in [3.05, 3.63) is 46.4 Å². The molecule has 1 fully saturated rings. The molecule has 2 aliphatic heterocycles. The first-order valence-electron chi connectivity index (χ1n) is 10.6. The molecule has 2 atom stereocenters. The summed E-state index contributed by atoms with van der Waals surface area (Å²) in [5.41, 5.74) is 7.01. The topological polar surface area (TPSA) is 93.4 Å². The van der Waals surface area contributed by atoms with Gasteiger partial charge in [0.05, 0.1) is 36.4 Å². The number of fused-ring (bicyclic) bond motifs is 1. The summed E-state index contributed by atoms with van der Waals surface area (Å²) in [6.07, 6.45) is -3.18. The van der Waals surface area contributed by atoms with E-state index >= 15 is 0 Å². The summed E-state index contributed by atoms with van der Waals surface area (Å²) in [5.74, 6) is 1.01. The highest BCUT2D eigenvalue weighted by atomic mass is 19.4. The second-order valence-corrected chi connectivity index (χ2v) is 8.37. The van der Waals surface area contributed by atoms with E-state index in [1.807, 2.05) is 0 Å². The first-order valence-corrected chi connectivity index (χ1v) is 10.6. The minimum Gasteiger partial charge on any atom is -0.399 e. The van der Waals surface area contributed by atoms with E-state index in [1.54, 1.807) is 18.7 Å². The van der Waals surface area contributed by atoms with Crippen molar-refractivity contribution in [2.75, 3.05) is 30.8 Å². The molecule has 1 aromatic carbocycles. The third-order valence-corrected chi connectivity index (χ3v) is 5.92. The lowest BCUT2D eigenvalue weighted by atomic mass is 10.0. The number of nitrogen functional groups attached to an aromatic ring is 1. The van der Waals surface area contributed by atoms with E-state index in [0.29, 0.717) is 56.4 Å². The number of carbonyl (C=O) groups excluding carboxylic acids is 1. The Morgan fingerprint density at radius 1 is 1.31 bits per heavy atom. The number of amides is 1. The lowest BCUT2D eigenvalue weighted by Crippen LogP contribution is -2.40. The standard InChI is InChI=1S/C22H26F3N5O2/c1-12(15-7-16(22(23,24)25)9-17(26)8-15)27-20-18-10-30(21(31)14-4-6-32-11-14)5-3-19(18)28-13(2)29-20/h7-9,12,14H,3-6,10-11,26H2,1-2H3,(H,27,28,29)/t12-,14?/m1/s1. The zero-order chi connectivity index (χ0) is 23.0. The first-order chi connectivity index (χ1) is 15.1. The number of rotatable bonds is 4. The van der Waals surface area contributed by atoms with Gasteiger partial charge in [-0.25, -0.2) is 9.97 Å². The summed E-state index contributed by atoms with van der Waals surface area (Å²) in [4.78, 5) is 23.7. The van der Waals surface area contributed by atoms with Gasteiger partial charge in [-0.15, -0.1) is 0 Å². The van der Waals surface area contributed by atoms with Gasteiger partial charge < -0.3 is 20.7 Å². The predicted octanol–water partition coefficient (Wildman–Crippen LogP) is 3.48. The van der Waals surface area contributed by atoms with Gasteiger partial charge in [0.2, 0.25) is 5.91 Å². The second-order valence-electron chi connectivity index (χ2n) is 8.37. The van der Waals surface area contributed by atoms with E-state index < -0.39 is 17.8 Å². The Morgan fingerprint density at radius 2 is 2.09 bits per heavy atom. The zero-order valence-electron chi connectivity index (χ0n) is 18.0. The summed E-state index contributed by atoms with van der Waals surface area (Å²) in [6, 6.07) is 3.03. The molecule has 0 aliphatic carbocycles. The van der Waals surface area contributed by atoms with Crippen LogP contribution in [-0.2, 0) is 28.7 Å². The molecule has 4 rings (SSSR count). The van der Waals surface area contributed by atoms with E-state index in [4.69, 9.17) is 10.5 Å². The summed E-state index contributed by atoms with van der Waals surface area (Å²) in [6.45, 7) is 5.47. The molecule has 2 aromatic rings. The SMILES string of the molecule is Cc1nc2c(c(N[C@H](C)c3cc(N)cc(C(F)(F)F)c3)n1)CN(C(=O)C1CCOC1)CC2. The molecule has 1 amide bonds. The molecule has 0 bridgehead atoms. The van der Waals surface area contributed by atoms with Crippen LogP contribution in [0, 0.1) is 12.8 Å². The summed E-state index contributed by atoms with van der Waals surface area (Å²) in [7, 11) is 0. The number of hydrogen-bond acceptors (Lipinski definition) is 6. The molecule has 1 aromatic heterocycles. The maximum atomic E-state index is 13.2. The van der Waals surface area contributed by atoms with Gasteiger partial charge in [-0.1, -0.05) is 0 Å². The number of nitrogens with two attached hydrogens (primary N) is 1. The van der Waals surface area contributed by atoms with Crippen LogP contribution in [0.4, 0.5) is 24.7 Å². The number of hydrogen-bond donors (Lipinski definition) is 2. The van der Waals surface area contributed by atoms with Crippen molar-refractivity contribution < 1.29 is 22.7 Å². The maximum Gasteiger partial charge on any atom is 0.416 e. The third-order valence-electron chi connectivity index (χ3n) is 5.92. The van der Waals surface area contributed by atoms with Crippen molar-refractivity contribution in [1.82, 2.24) is 14.9 Å². The minimum atomic E-state index is -4.49. The second kappa shape index (κ2) is 8.57. The van der Waals surface area contributed by atoms with E-state index in [1.165, 1.54) is 6.07 Å². The van der Waals surface area contributed by atoms with Crippen molar-refractivity contribution >= 4 is 17.4 Å². The molecule has 3 N–H and O–H groups in total. The number of benzene rings is 1. The lowest BCUT2D eigenvalue weighted by Gasteiger charge is -2.31. The smallest absolute Gasteiger partial charge is 0.399 e. The molecular formula is C22H26F3N5O2. The van der Waals surface area contributed by atoms with Gasteiger partial charge in [-0.3, -0.25) is 4.79 Å². The molecular weight excluding hydrogens is 423 g/mol. The highest BCUT2D eigenvalue weighted by Gasteiger charge is 2.33. The van der Waals surface area contributed by atoms with Crippen LogP contribution in [0.1, 0.15) is 47.6 Å². The molecule has 7 nitrogen and oxygen atoms in total. The number of nitrogens with zero attached hydrogens (tertiary/aromatic N) is 3. The fourth-order valence-electron chi connectivity index (χ4n) is 4.21. The third kappa shape index (κ3) is 4.64. The van der Waals surface area contributed by atoms with Crippen LogP contribution in [0.25, 0.3) is 0 Å². The van der Waals surface area contributed by atoms with E-state index in [2.05, 4.69) is 15.3 Å². The van der Waals surface area contributed by atoms with Gasteiger partial charge in [-0.2, -0.15) is 13.2 Å². The van der Waals surface area contributed by atoms with Gasteiger partial charge in [0.1, 0.15) is 11.6 Å². The first kappa shape index (κ1) is 22.3. The molecule has 10 heteroatoms. The molecule has 1 saturated heterocycles. The highest BCUT2D eigenvalue weighted by Crippen LogP contribution is 2.34. The molecule has 3 heterocycles. The Balaban J connectivity index is 1.59. The average molecular weight is 449 g/mol. The molecule has 0 spiro atoms. The Morgan fingerprint density at radius 3 is 2.78 bits per heavy atom. The summed E-state index contributed by atoms with van der Waals surface area (Å²) >= 11 is 0. The van der Waals surface area contributed by atoms with Crippen LogP contribution in [0.3, 0.4) is 0 Å². The number of ether oxygens (including phenoxy) is 1. The van der Waals surface area contributed by atoms with Crippen LogP contribution in [0.2, 0.25) is 0 Å². The van der Waals surface area contributed by atoms with Crippen LogP contribution in [0.15, 0.2) is 18.2 Å². The van der Waals surface area contributed by atoms with E-state index in [0.717, 1.165) is 23.4 Å². The van der Waals surface area contributed by atoms with Crippen molar-refractivity contribution in [3.63, 3.8) is 0 Å². The minimum absolute atomic E-state index is 0.0416. The van der Waals surface area contributed by atoms with Gasteiger partial charge in [-0.05, 0) is 44.0 Å². The normalized spacial score (nSPS) is 19.5. The molecule has 0 saturated carbocycles. The van der Waals surface area contributed by atoms with Gasteiger partial charge in [0.15, 0.2) is 0 Å². The fourth-order valence-corrected chi connectivity index (χ4v) is 4.21. The molecule has 32 heavy (non-hydrogen) atoms. The van der Waals surface area contributed by atoms with Crippen molar-refractivity contribution in [1.29, 1.82) is 0 Å². The van der Waals surface area contributed by atoms with Crippen LogP contribution >= 0.6 is 0 Å². The summed E-state index contributed by atoms with van der Waals surface area (Å²) < 4.78 is 45.0. The molecule has 2 aliphatic rings. The quantitative estimate of drug-likeness (QED) is 0.695. The number of anilines is 2. The van der Waals surface area contributed by atoms with Crippen molar-refractivity contribution in [2.45, 2.75) is 45.5 Å². The van der Waals surface area contributed by atoms with E-state index in [-0.39, 0.29) is 17.5 Å². The number of alkyl halides is 3. The Bertz CT molecular complexity index is 1020. The Hall–Kier alpha value is -2.88. The van der Waals surface area contributed by atoms with Crippen LogP contribution in [0.5, 0.6) is 0 Å². The number of nitrogens with one attached hydrogen (secondary N) is 1. The maximum absolute atomic E-state index is 13.2. The van der Waals surface area contributed by atoms with Crippen LogP contribution in [-0.4, -0.2) is 40.5 Å². The Kier molecular flexibility index (Phi) is 5.98. The molecule has 1 unspecified atom stereocenters. The highest BCUT2D eigenvalue weighted by molar-refractivity contribution is 5.79. The lowest BCUT2D eigenvalue weighted by molar-refractivity contribution is -0.138. The fraction of sp³-hybridized carbons (Fsp3) is 0.500. The Labute approximate surface area is 184 Å². The van der Waals surface area contributed by atoms with Gasteiger partial charge >= 0.3 is 6.18 Å². The van der Waals surface area contributed by atoms with Gasteiger partial charge in [0.25, 0.3) is 0 Å². The monoisotopic (exact) mass is 449 g/mol. The predicted molar refractivity (Wildman–Crippen MR) is 113 cm³/mol. The van der Waals surface area contributed by atoms with Crippen LogP contribution < -0.4 is 11.1 Å². The molecule has 172 valence electrons.